The molecule has 2 aromatic rings. The van der Waals surface area contributed by atoms with Gasteiger partial charge in [0.25, 0.3) is 5.69 Å². The number of rotatable bonds is 4. The van der Waals surface area contributed by atoms with Crippen molar-refractivity contribution in [3.8, 4) is 6.07 Å². The molecular weight excluding hydrogens is 244 g/mol. The van der Waals surface area contributed by atoms with Crippen molar-refractivity contribution >= 4 is 11.4 Å². The number of nitro groups is 1. The number of nitriles is 1. The van der Waals surface area contributed by atoms with Crippen molar-refractivity contribution in [3.05, 3.63) is 64.0 Å². The van der Waals surface area contributed by atoms with Crippen LogP contribution in [0.5, 0.6) is 0 Å². The zero-order valence-corrected chi connectivity index (χ0v) is 9.91. The SMILES string of the molecule is N#Cc1ccc(NCc2ccccc2[N+](=O)[O-])cn1. The van der Waals surface area contributed by atoms with Gasteiger partial charge in [-0.1, -0.05) is 18.2 Å². The highest BCUT2D eigenvalue weighted by Gasteiger charge is 2.11. The van der Waals surface area contributed by atoms with E-state index in [4.69, 9.17) is 5.26 Å². The largest absolute Gasteiger partial charge is 0.379 e. The molecule has 0 saturated carbocycles. The van der Waals surface area contributed by atoms with Crippen LogP contribution in [-0.4, -0.2) is 9.91 Å². The molecule has 0 atom stereocenters. The van der Waals surface area contributed by atoms with Crippen molar-refractivity contribution in [3.63, 3.8) is 0 Å². The zero-order valence-electron chi connectivity index (χ0n) is 9.91. The zero-order chi connectivity index (χ0) is 13.7. The predicted molar refractivity (Wildman–Crippen MR) is 69.4 cm³/mol. The Morgan fingerprint density at radius 2 is 2.11 bits per heavy atom. The van der Waals surface area contributed by atoms with E-state index in [0.29, 0.717) is 23.5 Å². The number of para-hydroxylation sites is 1. The third kappa shape index (κ3) is 3.04. The molecule has 0 aliphatic heterocycles. The van der Waals surface area contributed by atoms with E-state index in [1.165, 1.54) is 12.3 Å². The maximum Gasteiger partial charge on any atom is 0.274 e. The molecule has 1 aromatic carbocycles. The first-order chi connectivity index (χ1) is 9.20. The molecule has 0 radical (unpaired) electrons. The van der Waals surface area contributed by atoms with Gasteiger partial charge in [-0.2, -0.15) is 5.26 Å². The maximum atomic E-state index is 10.8. The molecule has 0 saturated heterocycles. The number of pyridine rings is 1. The third-order valence-corrected chi connectivity index (χ3v) is 2.55. The van der Waals surface area contributed by atoms with Crippen LogP contribution in [0.15, 0.2) is 42.6 Å². The Morgan fingerprint density at radius 1 is 1.32 bits per heavy atom. The molecule has 0 spiro atoms. The smallest absolute Gasteiger partial charge is 0.274 e. The molecule has 0 unspecified atom stereocenters. The van der Waals surface area contributed by atoms with Crippen LogP contribution in [-0.2, 0) is 6.54 Å². The van der Waals surface area contributed by atoms with Crippen molar-refractivity contribution < 1.29 is 4.92 Å². The van der Waals surface area contributed by atoms with Crippen LogP contribution in [0.25, 0.3) is 0 Å². The molecule has 1 heterocycles. The second-order valence-electron chi connectivity index (χ2n) is 3.78. The Hall–Kier alpha value is -2.94. The topological polar surface area (TPSA) is 91.8 Å². The molecular formula is C13H10N4O2. The number of nitrogens with zero attached hydrogens (tertiary/aromatic N) is 3. The van der Waals surface area contributed by atoms with E-state index < -0.39 is 4.92 Å². The molecule has 94 valence electrons. The number of nitro benzene ring substituents is 1. The van der Waals surface area contributed by atoms with Crippen LogP contribution >= 0.6 is 0 Å². The summed E-state index contributed by atoms with van der Waals surface area (Å²) in [5.41, 5.74) is 1.71. The summed E-state index contributed by atoms with van der Waals surface area (Å²) in [5.74, 6) is 0. The lowest BCUT2D eigenvalue weighted by atomic mass is 10.2. The Kier molecular flexibility index (Phi) is 3.69. The van der Waals surface area contributed by atoms with Gasteiger partial charge in [0, 0.05) is 18.2 Å². The molecule has 6 heteroatoms. The van der Waals surface area contributed by atoms with E-state index in [-0.39, 0.29) is 5.69 Å². The van der Waals surface area contributed by atoms with Gasteiger partial charge in [0.1, 0.15) is 11.8 Å². The minimum absolute atomic E-state index is 0.0802. The van der Waals surface area contributed by atoms with Gasteiger partial charge < -0.3 is 5.32 Å². The third-order valence-electron chi connectivity index (χ3n) is 2.55. The van der Waals surface area contributed by atoms with E-state index in [1.807, 2.05) is 6.07 Å². The highest BCUT2D eigenvalue weighted by atomic mass is 16.6. The van der Waals surface area contributed by atoms with Gasteiger partial charge in [0.2, 0.25) is 0 Å². The van der Waals surface area contributed by atoms with Gasteiger partial charge in [-0.15, -0.1) is 0 Å². The van der Waals surface area contributed by atoms with Gasteiger partial charge in [-0.25, -0.2) is 4.98 Å². The van der Waals surface area contributed by atoms with Crippen LogP contribution in [0, 0.1) is 21.4 Å². The molecule has 19 heavy (non-hydrogen) atoms. The van der Waals surface area contributed by atoms with Gasteiger partial charge in [0.15, 0.2) is 0 Å². The Morgan fingerprint density at radius 3 is 2.74 bits per heavy atom. The summed E-state index contributed by atoms with van der Waals surface area (Å²) in [7, 11) is 0. The van der Waals surface area contributed by atoms with Crippen LogP contribution < -0.4 is 5.32 Å². The molecule has 0 amide bonds. The molecule has 0 aliphatic rings. The van der Waals surface area contributed by atoms with E-state index >= 15 is 0 Å². The highest BCUT2D eigenvalue weighted by molar-refractivity contribution is 5.46. The number of benzene rings is 1. The summed E-state index contributed by atoms with van der Waals surface area (Å²) in [5, 5.41) is 22.5. The Bertz CT molecular complexity index is 632. The minimum Gasteiger partial charge on any atom is -0.379 e. The number of hydrogen-bond donors (Lipinski definition) is 1. The van der Waals surface area contributed by atoms with Crippen LogP contribution in [0.2, 0.25) is 0 Å². The maximum absolute atomic E-state index is 10.8. The fourth-order valence-electron chi connectivity index (χ4n) is 1.60. The second-order valence-corrected chi connectivity index (χ2v) is 3.78. The summed E-state index contributed by atoms with van der Waals surface area (Å²) < 4.78 is 0. The predicted octanol–water partition coefficient (Wildman–Crippen LogP) is 2.47. The molecule has 0 aliphatic carbocycles. The van der Waals surface area contributed by atoms with Gasteiger partial charge in [-0.3, -0.25) is 10.1 Å². The number of hydrogen-bond acceptors (Lipinski definition) is 5. The second kappa shape index (κ2) is 5.60. The summed E-state index contributed by atoms with van der Waals surface area (Å²) in [4.78, 5) is 14.3. The lowest BCUT2D eigenvalue weighted by Gasteiger charge is -2.06. The van der Waals surface area contributed by atoms with Gasteiger partial charge in [0.05, 0.1) is 16.8 Å². The van der Waals surface area contributed by atoms with Crippen molar-refractivity contribution in [2.45, 2.75) is 6.54 Å². The van der Waals surface area contributed by atoms with Crippen molar-refractivity contribution in [1.29, 1.82) is 5.26 Å². The number of nitrogens with one attached hydrogen (secondary N) is 1. The van der Waals surface area contributed by atoms with Crippen LogP contribution in [0.3, 0.4) is 0 Å². The van der Waals surface area contributed by atoms with Crippen molar-refractivity contribution in [1.82, 2.24) is 4.98 Å². The minimum atomic E-state index is -0.409. The first-order valence-electron chi connectivity index (χ1n) is 5.53. The average molecular weight is 254 g/mol. The van der Waals surface area contributed by atoms with Crippen LogP contribution in [0.1, 0.15) is 11.3 Å². The van der Waals surface area contributed by atoms with Gasteiger partial charge in [-0.05, 0) is 12.1 Å². The Labute approximate surface area is 109 Å². The first-order valence-corrected chi connectivity index (χ1v) is 5.53. The normalized spacial score (nSPS) is 9.63. The molecule has 0 fully saturated rings. The Balaban J connectivity index is 2.10. The quantitative estimate of drug-likeness (QED) is 0.668. The lowest BCUT2D eigenvalue weighted by Crippen LogP contribution is -2.03. The fourth-order valence-corrected chi connectivity index (χ4v) is 1.60. The molecule has 1 N–H and O–H groups in total. The standard InChI is InChI=1S/C13H10N4O2/c14-7-11-5-6-12(9-16-11)15-8-10-3-1-2-4-13(10)17(18)19/h1-6,9,15H,8H2. The van der Waals surface area contributed by atoms with E-state index in [0.717, 1.165) is 0 Å². The van der Waals surface area contributed by atoms with Gasteiger partial charge >= 0.3 is 0 Å². The summed E-state index contributed by atoms with van der Waals surface area (Å²) in [6.45, 7) is 0.324. The monoisotopic (exact) mass is 254 g/mol. The number of anilines is 1. The van der Waals surface area contributed by atoms with E-state index in [2.05, 4.69) is 10.3 Å². The summed E-state index contributed by atoms with van der Waals surface area (Å²) in [6, 6.07) is 11.8. The molecule has 0 bridgehead atoms. The van der Waals surface area contributed by atoms with E-state index in [1.54, 1.807) is 30.3 Å². The summed E-state index contributed by atoms with van der Waals surface area (Å²) in [6.07, 6.45) is 1.52. The summed E-state index contributed by atoms with van der Waals surface area (Å²) >= 11 is 0. The number of aromatic nitrogens is 1. The molecule has 1 aromatic heterocycles. The van der Waals surface area contributed by atoms with E-state index in [9.17, 15) is 10.1 Å². The first kappa shape index (κ1) is 12.5. The average Bonchev–Trinajstić information content (AvgIpc) is 2.46. The van der Waals surface area contributed by atoms with Crippen LogP contribution in [0.4, 0.5) is 11.4 Å². The lowest BCUT2D eigenvalue weighted by molar-refractivity contribution is -0.385. The van der Waals surface area contributed by atoms with Crippen molar-refractivity contribution in [2.24, 2.45) is 0 Å². The molecule has 2 rings (SSSR count). The highest BCUT2D eigenvalue weighted by Crippen LogP contribution is 2.19. The fraction of sp³-hybridized carbons (Fsp3) is 0.0769. The van der Waals surface area contributed by atoms with Crippen molar-refractivity contribution in [2.75, 3.05) is 5.32 Å². The molecule has 6 nitrogen and oxygen atoms in total.